The van der Waals surface area contributed by atoms with Crippen molar-refractivity contribution in [3.05, 3.63) is 93.5 Å². The van der Waals surface area contributed by atoms with Crippen LogP contribution >= 0.6 is 11.6 Å². The van der Waals surface area contributed by atoms with E-state index >= 15 is 0 Å². The molecule has 3 aromatic rings. The molecule has 1 heterocycles. The van der Waals surface area contributed by atoms with Crippen LogP contribution in [0.25, 0.3) is 0 Å². The zero-order chi connectivity index (χ0) is 32.4. The third-order valence-electron chi connectivity index (χ3n) is 6.50. The van der Waals surface area contributed by atoms with Gasteiger partial charge in [0.1, 0.15) is 6.10 Å². The van der Waals surface area contributed by atoms with Crippen molar-refractivity contribution in [3.8, 4) is 0 Å². The van der Waals surface area contributed by atoms with E-state index in [1.54, 1.807) is 47.4 Å². The molecule has 1 N–H and O–H groups in total. The van der Waals surface area contributed by atoms with Crippen molar-refractivity contribution in [1.29, 1.82) is 0 Å². The van der Waals surface area contributed by atoms with Crippen LogP contribution in [0.3, 0.4) is 0 Å². The minimum absolute atomic E-state index is 0. The maximum absolute atomic E-state index is 13.8. The van der Waals surface area contributed by atoms with Gasteiger partial charge in [-0.1, -0.05) is 29.8 Å². The molecule has 0 radical (unpaired) electrons. The Hall–Kier alpha value is -3.90. The number of hydrogen-bond donors (Lipinski definition) is 1. The van der Waals surface area contributed by atoms with Crippen LogP contribution in [0.1, 0.15) is 70.2 Å². The molecule has 2 amide bonds. The number of nitrogens with one attached hydrogen (secondary N) is 1. The molecule has 1 atom stereocenters. The van der Waals surface area contributed by atoms with Crippen LogP contribution in [0.5, 0.6) is 0 Å². The molecule has 4 rings (SSSR count). The van der Waals surface area contributed by atoms with Gasteiger partial charge < -0.3 is 34.3 Å². The van der Waals surface area contributed by atoms with Gasteiger partial charge in [-0.05, 0) is 87.2 Å². The standard InChI is InChI=1S/C30H29ClN2O7.C2H4O2.Na/c1-18-7-4-5-8-23(18)28(35)32-22-11-12-24(19(2)15-22)29(36)33-14-6-9-27(25-16-21(31)10-13-26(25)33)40-30(37)39-17-38-20(3)34;1-2(3)4;/h4-5,7-8,10-13,15-16,27H,6,9,14,17H2,1-3H3,(H,32,35);1H3,(H,3,4);/q;;+1/p-1. The molecular formula is C32H32ClN2NaO9. The minimum atomic E-state index is -1.08. The number of nitrogens with zero attached hydrogens (tertiary/aromatic N) is 1. The van der Waals surface area contributed by atoms with E-state index in [-0.39, 0.29) is 41.4 Å². The van der Waals surface area contributed by atoms with E-state index in [1.807, 2.05) is 32.0 Å². The molecule has 3 aromatic carbocycles. The Morgan fingerprint density at radius 2 is 1.62 bits per heavy atom. The number of hydrogen-bond acceptors (Lipinski definition) is 9. The molecule has 13 heteroatoms. The molecule has 1 aliphatic rings. The van der Waals surface area contributed by atoms with Gasteiger partial charge in [-0.15, -0.1) is 0 Å². The largest absolute Gasteiger partial charge is 1.00 e. The summed E-state index contributed by atoms with van der Waals surface area (Å²) in [6, 6.07) is 17.5. The summed E-state index contributed by atoms with van der Waals surface area (Å²) in [7, 11) is 0. The van der Waals surface area contributed by atoms with Crippen LogP contribution in [0.4, 0.5) is 16.2 Å². The average molecular weight is 647 g/mol. The van der Waals surface area contributed by atoms with Crippen LogP contribution in [-0.2, 0) is 23.8 Å². The fraction of sp³-hybridized carbons (Fsp3) is 0.281. The molecule has 0 fully saturated rings. The summed E-state index contributed by atoms with van der Waals surface area (Å²) in [5.41, 5.74) is 4.29. The second-order valence-electron chi connectivity index (χ2n) is 9.85. The Kier molecular flexibility index (Phi) is 14.5. The molecule has 0 aliphatic carbocycles. The Balaban J connectivity index is 0.00000133. The van der Waals surface area contributed by atoms with Gasteiger partial charge in [0.25, 0.3) is 11.8 Å². The van der Waals surface area contributed by atoms with Crippen molar-refractivity contribution in [2.24, 2.45) is 0 Å². The van der Waals surface area contributed by atoms with Crippen LogP contribution in [0, 0.1) is 13.8 Å². The molecule has 0 saturated heterocycles. The van der Waals surface area contributed by atoms with E-state index in [9.17, 15) is 19.2 Å². The summed E-state index contributed by atoms with van der Waals surface area (Å²) in [5.74, 6) is -2.14. The molecule has 0 saturated carbocycles. The van der Waals surface area contributed by atoms with Gasteiger partial charge in [0.2, 0.25) is 6.79 Å². The van der Waals surface area contributed by atoms with Gasteiger partial charge in [-0.3, -0.25) is 14.4 Å². The summed E-state index contributed by atoms with van der Waals surface area (Å²) in [6.07, 6.45) is -0.779. The number of amides is 2. The number of carbonyl (C=O) groups is 5. The summed E-state index contributed by atoms with van der Waals surface area (Å²) in [4.78, 5) is 60.2. The van der Waals surface area contributed by atoms with E-state index in [0.29, 0.717) is 58.0 Å². The van der Waals surface area contributed by atoms with Crippen LogP contribution in [0.15, 0.2) is 60.7 Å². The predicted octanol–water partition coefficient (Wildman–Crippen LogP) is 2.12. The number of aryl methyl sites for hydroxylation is 2. The summed E-state index contributed by atoms with van der Waals surface area (Å²) < 4.78 is 14.9. The Labute approximate surface area is 288 Å². The predicted molar refractivity (Wildman–Crippen MR) is 160 cm³/mol. The van der Waals surface area contributed by atoms with Crippen LogP contribution in [0.2, 0.25) is 5.02 Å². The maximum atomic E-state index is 13.8. The molecule has 0 bridgehead atoms. The number of benzene rings is 3. The number of fused-ring (bicyclic) bond motifs is 1. The average Bonchev–Trinajstić information content (AvgIpc) is 3.11. The van der Waals surface area contributed by atoms with Crippen LogP contribution < -0.4 is 44.9 Å². The summed E-state index contributed by atoms with van der Waals surface area (Å²) >= 11 is 6.27. The van der Waals surface area contributed by atoms with Gasteiger partial charge in [-0.2, -0.15) is 0 Å². The number of anilines is 2. The van der Waals surface area contributed by atoms with Crippen molar-refractivity contribution in [2.45, 2.75) is 46.6 Å². The van der Waals surface area contributed by atoms with Crippen LogP contribution in [-0.4, -0.2) is 43.2 Å². The Morgan fingerprint density at radius 1 is 0.933 bits per heavy atom. The van der Waals surface area contributed by atoms with E-state index in [0.717, 1.165) is 12.5 Å². The topological polar surface area (TPSA) is 151 Å². The molecule has 11 nitrogen and oxygen atoms in total. The van der Waals surface area contributed by atoms with E-state index in [4.69, 9.17) is 31.0 Å². The molecule has 45 heavy (non-hydrogen) atoms. The Morgan fingerprint density at radius 3 is 2.27 bits per heavy atom. The minimum Gasteiger partial charge on any atom is -0.550 e. The zero-order valence-electron chi connectivity index (χ0n) is 25.7. The fourth-order valence-electron chi connectivity index (χ4n) is 4.54. The molecule has 1 aliphatic heterocycles. The molecule has 0 spiro atoms. The van der Waals surface area contributed by atoms with Crippen molar-refractivity contribution in [3.63, 3.8) is 0 Å². The van der Waals surface area contributed by atoms with Crippen molar-refractivity contribution in [2.75, 3.05) is 23.6 Å². The molecular weight excluding hydrogens is 615 g/mol. The molecule has 1 unspecified atom stereocenters. The monoisotopic (exact) mass is 646 g/mol. The third kappa shape index (κ3) is 10.9. The third-order valence-corrected chi connectivity index (χ3v) is 6.74. The number of halogens is 1. The number of carboxylic acids is 1. The number of rotatable bonds is 6. The maximum Gasteiger partial charge on any atom is 1.00 e. The van der Waals surface area contributed by atoms with Gasteiger partial charge in [0.05, 0.1) is 5.69 Å². The van der Waals surface area contributed by atoms with E-state index in [1.165, 1.54) is 6.92 Å². The van der Waals surface area contributed by atoms with Crippen molar-refractivity contribution < 1.29 is 72.8 Å². The quantitative estimate of drug-likeness (QED) is 0.241. The summed E-state index contributed by atoms with van der Waals surface area (Å²) in [5, 5.41) is 12.2. The van der Waals surface area contributed by atoms with Crippen molar-refractivity contribution in [1.82, 2.24) is 0 Å². The van der Waals surface area contributed by atoms with E-state index < -0.39 is 31.0 Å². The number of aliphatic carboxylic acids is 1. The number of carboxylic acid groups (broad SMARTS) is 1. The summed E-state index contributed by atoms with van der Waals surface area (Å²) in [6.45, 7) is 5.66. The first kappa shape index (κ1) is 37.3. The van der Waals surface area contributed by atoms with E-state index in [2.05, 4.69) is 10.1 Å². The first-order valence-electron chi connectivity index (χ1n) is 13.6. The number of esters is 1. The first-order valence-corrected chi connectivity index (χ1v) is 14.0. The first-order chi connectivity index (χ1) is 20.9. The number of carbonyl (C=O) groups excluding carboxylic acids is 5. The van der Waals surface area contributed by atoms with Gasteiger partial charge in [0, 0.05) is 46.8 Å². The van der Waals surface area contributed by atoms with Gasteiger partial charge in [-0.25, -0.2) is 4.79 Å². The second-order valence-corrected chi connectivity index (χ2v) is 10.3. The fourth-order valence-corrected chi connectivity index (χ4v) is 4.72. The van der Waals surface area contributed by atoms with Gasteiger partial charge in [0.15, 0.2) is 0 Å². The SMILES string of the molecule is CC(=O)OCOC(=O)OC1CCCN(C(=O)c2ccc(NC(=O)c3ccccc3C)cc2C)c2ccc(Cl)cc21.CC(=O)[O-].[Na+]. The van der Waals surface area contributed by atoms with Gasteiger partial charge >= 0.3 is 41.7 Å². The normalized spacial score (nSPS) is 13.4. The second kappa shape index (κ2) is 17.6. The molecule has 0 aromatic heterocycles. The number of ether oxygens (including phenoxy) is 3. The smallest absolute Gasteiger partial charge is 0.550 e. The zero-order valence-corrected chi connectivity index (χ0v) is 28.4. The van der Waals surface area contributed by atoms with Crippen molar-refractivity contribution >= 4 is 52.9 Å². The molecule has 232 valence electrons. The Bertz CT molecular complexity index is 1560.